The summed E-state index contributed by atoms with van der Waals surface area (Å²) in [4.78, 5) is 12.9. The normalized spacial score (nSPS) is 25.6. The van der Waals surface area contributed by atoms with Crippen LogP contribution in [-0.4, -0.2) is 48.7 Å². The fraction of sp³-hybridized carbons (Fsp3) is 0.909. The molecular weight excluding hydrogens is 247 g/mol. The van der Waals surface area contributed by atoms with Gasteiger partial charge in [0.2, 0.25) is 5.91 Å². The van der Waals surface area contributed by atoms with Gasteiger partial charge in [-0.2, -0.15) is 13.2 Å². The maximum Gasteiger partial charge on any atom is 0.405 e. The van der Waals surface area contributed by atoms with Crippen LogP contribution < -0.4 is 11.1 Å². The predicted molar refractivity (Wildman–Crippen MR) is 61.9 cm³/mol. The third-order valence-electron chi connectivity index (χ3n) is 3.28. The van der Waals surface area contributed by atoms with Crippen LogP contribution in [0, 0.1) is 0 Å². The molecule has 1 aliphatic rings. The van der Waals surface area contributed by atoms with Gasteiger partial charge in [-0.1, -0.05) is 6.42 Å². The third kappa shape index (κ3) is 3.35. The number of nitrogens with two attached hydrogens (primary N) is 1. The molecule has 3 N–H and O–H groups in total. The fourth-order valence-corrected chi connectivity index (χ4v) is 2.52. The van der Waals surface area contributed by atoms with E-state index in [4.69, 9.17) is 5.73 Å². The first-order valence-electron chi connectivity index (χ1n) is 6.08. The van der Waals surface area contributed by atoms with Crippen LogP contribution >= 0.6 is 0 Å². The fourth-order valence-electron chi connectivity index (χ4n) is 2.52. The summed E-state index contributed by atoms with van der Waals surface area (Å²) in [5.41, 5.74) is 5.46. The zero-order valence-electron chi connectivity index (χ0n) is 10.6. The van der Waals surface area contributed by atoms with E-state index in [2.05, 4.69) is 5.32 Å². The molecule has 1 amide bonds. The Bertz CT molecular complexity index is 294. The molecule has 106 valence electrons. The molecule has 0 saturated carbocycles. The molecule has 1 heterocycles. The van der Waals surface area contributed by atoms with Gasteiger partial charge in [0.15, 0.2) is 0 Å². The number of nitrogens with one attached hydrogen (secondary N) is 1. The van der Waals surface area contributed by atoms with E-state index in [0.717, 1.165) is 6.42 Å². The van der Waals surface area contributed by atoms with E-state index in [1.807, 2.05) is 0 Å². The second-order valence-corrected chi connectivity index (χ2v) is 4.71. The lowest BCUT2D eigenvalue weighted by atomic mass is 9.96. The quantitative estimate of drug-likeness (QED) is 0.797. The Labute approximate surface area is 105 Å². The van der Waals surface area contributed by atoms with Crippen molar-refractivity contribution in [2.45, 2.75) is 50.5 Å². The van der Waals surface area contributed by atoms with E-state index in [9.17, 15) is 18.0 Å². The van der Waals surface area contributed by atoms with E-state index >= 15 is 0 Å². The van der Waals surface area contributed by atoms with Crippen LogP contribution in [0.25, 0.3) is 0 Å². The highest BCUT2D eigenvalue weighted by atomic mass is 19.4. The second kappa shape index (κ2) is 5.88. The lowest BCUT2D eigenvalue weighted by Gasteiger charge is -2.42. The molecule has 0 aromatic rings. The minimum absolute atomic E-state index is 0.254. The van der Waals surface area contributed by atoms with Crippen LogP contribution in [0.15, 0.2) is 0 Å². The molecule has 0 aromatic heterocycles. The van der Waals surface area contributed by atoms with Gasteiger partial charge in [-0.05, 0) is 26.3 Å². The van der Waals surface area contributed by atoms with Crippen LogP contribution in [0.4, 0.5) is 13.2 Å². The first-order valence-corrected chi connectivity index (χ1v) is 6.08. The highest BCUT2D eigenvalue weighted by Gasteiger charge is 2.49. The van der Waals surface area contributed by atoms with Crippen LogP contribution in [0.1, 0.15) is 26.2 Å². The standard InChI is InChI=1S/C11H20F3N3O/c1-7(15)9(11(12,13)14)17-6-4-3-5-8(17)10(18)16-2/h7-9H,3-6,15H2,1-2H3,(H,16,18). The minimum Gasteiger partial charge on any atom is -0.358 e. The molecule has 0 bridgehead atoms. The number of hydrogen-bond donors (Lipinski definition) is 2. The average Bonchev–Trinajstić information content (AvgIpc) is 2.26. The maximum absolute atomic E-state index is 13.0. The Hall–Kier alpha value is -0.820. The predicted octanol–water partition coefficient (Wildman–Crippen LogP) is 0.865. The molecule has 1 saturated heterocycles. The molecule has 3 atom stereocenters. The van der Waals surface area contributed by atoms with E-state index < -0.39 is 24.3 Å². The first-order chi connectivity index (χ1) is 8.29. The Morgan fingerprint density at radius 3 is 2.50 bits per heavy atom. The molecule has 0 aliphatic carbocycles. The van der Waals surface area contributed by atoms with E-state index in [-0.39, 0.29) is 12.5 Å². The van der Waals surface area contributed by atoms with Gasteiger partial charge in [-0.3, -0.25) is 9.69 Å². The summed E-state index contributed by atoms with van der Waals surface area (Å²) in [5.74, 6) is -0.371. The van der Waals surface area contributed by atoms with E-state index in [0.29, 0.717) is 12.8 Å². The molecule has 0 radical (unpaired) electrons. The van der Waals surface area contributed by atoms with Gasteiger partial charge >= 0.3 is 6.18 Å². The summed E-state index contributed by atoms with van der Waals surface area (Å²) in [6.45, 7) is 1.58. The van der Waals surface area contributed by atoms with Crippen LogP contribution in [0.5, 0.6) is 0 Å². The summed E-state index contributed by atoms with van der Waals surface area (Å²) in [7, 11) is 1.43. The molecular formula is C11H20F3N3O. The largest absolute Gasteiger partial charge is 0.405 e. The van der Waals surface area contributed by atoms with Crippen molar-refractivity contribution < 1.29 is 18.0 Å². The highest BCUT2D eigenvalue weighted by molar-refractivity contribution is 5.81. The van der Waals surface area contributed by atoms with Crippen LogP contribution in [0.3, 0.4) is 0 Å². The van der Waals surface area contributed by atoms with E-state index in [1.165, 1.54) is 18.9 Å². The highest BCUT2D eigenvalue weighted by Crippen LogP contribution is 2.31. The van der Waals surface area contributed by atoms with Crippen molar-refractivity contribution in [1.82, 2.24) is 10.2 Å². The number of halogens is 3. The van der Waals surface area contributed by atoms with Crippen LogP contribution in [0.2, 0.25) is 0 Å². The van der Waals surface area contributed by atoms with Gasteiger partial charge in [-0.15, -0.1) is 0 Å². The zero-order chi connectivity index (χ0) is 13.9. The van der Waals surface area contributed by atoms with Crippen molar-refractivity contribution in [3.8, 4) is 0 Å². The number of alkyl halides is 3. The van der Waals surface area contributed by atoms with Crippen LogP contribution in [-0.2, 0) is 4.79 Å². The lowest BCUT2D eigenvalue weighted by Crippen LogP contribution is -2.62. The molecule has 4 nitrogen and oxygen atoms in total. The number of nitrogens with zero attached hydrogens (tertiary/aromatic N) is 1. The molecule has 1 aliphatic heterocycles. The molecule has 3 unspecified atom stereocenters. The summed E-state index contributed by atoms with van der Waals surface area (Å²) in [5, 5.41) is 2.42. The Balaban J connectivity index is 2.96. The zero-order valence-corrected chi connectivity index (χ0v) is 10.6. The number of likely N-dealkylation sites (tertiary alicyclic amines) is 1. The van der Waals surface area contributed by atoms with Gasteiger partial charge in [0.05, 0.1) is 6.04 Å². The summed E-state index contributed by atoms with van der Waals surface area (Å²) >= 11 is 0. The molecule has 7 heteroatoms. The van der Waals surface area contributed by atoms with Crippen molar-refractivity contribution in [2.24, 2.45) is 5.73 Å². The van der Waals surface area contributed by atoms with Crippen molar-refractivity contribution in [1.29, 1.82) is 0 Å². The molecule has 0 spiro atoms. The lowest BCUT2D eigenvalue weighted by molar-refractivity contribution is -0.197. The van der Waals surface area contributed by atoms with Gasteiger partial charge in [-0.25, -0.2) is 0 Å². The van der Waals surface area contributed by atoms with Crippen molar-refractivity contribution >= 4 is 5.91 Å². The van der Waals surface area contributed by atoms with Gasteiger partial charge in [0.1, 0.15) is 6.04 Å². The van der Waals surface area contributed by atoms with Crippen molar-refractivity contribution in [2.75, 3.05) is 13.6 Å². The smallest absolute Gasteiger partial charge is 0.358 e. The molecule has 0 aromatic carbocycles. The van der Waals surface area contributed by atoms with Gasteiger partial charge < -0.3 is 11.1 Å². The summed E-state index contributed by atoms with van der Waals surface area (Å²) < 4.78 is 39.1. The number of rotatable bonds is 3. The van der Waals surface area contributed by atoms with Crippen molar-refractivity contribution in [3.63, 3.8) is 0 Å². The number of hydrogen-bond acceptors (Lipinski definition) is 3. The first kappa shape index (κ1) is 15.2. The number of piperidine rings is 1. The molecule has 1 rings (SSSR count). The number of carbonyl (C=O) groups excluding carboxylic acids is 1. The number of likely N-dealkylation sites (N-methyl/N-ethyl adjacent to an activating group) is 1. The summed E-state index contributed by atoms with van der Waals surface area (Å²) in [6, 6.07) is -3.56. The number of carbonyl (C=O) groups is 1. The average molecular weight is 267 g/mol. The topological polar surface area (TPSA) is 58.4 Å². The molecule has 1 fully saturated rings. The Morgan fingerprint density at radius 1 is 1.44 bits per heavy atom. The van der Waals surface area contributed by atoms with Crippen molar-refractivity contribution in [3.05, 3.63) is 0 Å². The Kier molecular flexibility index (Phi) is 4.98. The monoisotopic (exact) mass is 267 g/mol. The van der Waals surface area contributed by atoms with E-state index in [1.54, 1.807) is 0 Å². The number of amides is 1. The second-order valence-electron chi connectivity index (χ2n) is 4.71. The maximum atomic E-state index is 13.0. The Morgan fingerprint density at radius 2 is 2.06 bits per heavy atom. The molecule has 18 heavy (non-hydrogen) atoms. The SMILES string of the molecule is CNC(=O)C1CCCCN1C(C(C)N)C(F)(F)F. The minimum atomic E-state index is -4.42. The van der Waals surface area contributed by atoms with Gasteiger partial charge in [0.25, 0.3) is 0 Å². The summed E-state index contributed by atoms with van der Waals surface area (Å²) in [6.07, 6.45) is -2.55. The van der Waals surface area contributed by atoms with Gasteiger partial charge in [0, 0.05) is 13.1 Å². The third-order valence-corrected chi connectivity index (χ3v) is 3.28.